The second-order valence-corrected chi connectivity index (χ2v) is 6.04. The van der Waals surface area contributed by atoms with Gasteiger partial charge in [0.1, 0.15) is 0 Å². The van der Waals surface area contributed by atoms with Gasteiger partial charge in [-0.15, -0.1) is 0 Å². The van der Waals surface area contributed by atoms with Gasteiger partial charge in [-0.05, 0) is 38.5 Å². The summed E-state index contributed by atoms with van der Waals surface area (Å²) in [7, 11) is 0. The molecule has 18 heavy (non-hydrogen) atoms. The molecule has 0 aromatic heterocycles. The van der Waals surface area contributed by atoms with E-state index >= 15 is 0 Å². The van der Waals surface area contributed by atoms with Crippen molar-refractivity contribution < 1.29 is 4.79 Å². The third kappa shape index (κ3) is 3.89. The molecule has 2 rings (SSSR count). The first kappa shape index (κ1) is 13.7. The Kier molecular flexibility index (Phi) is 5.33. The van der Waals surface area contributed by atoms with Crippen molar-refractivity contribution in [3.05, 3.63) is 0 Å². The van der Waals surface area contributed by atoms with Crippen LogP contribution in [-0.4, -0.2) is 30.1 Å². The highest BCUT2D eigenvalue weighted by molar-refractivity contribution is 5.74. The molecule has 104 valence electrons. The normalized spacial score (nSPS) is 24.4. The van der Waals surface area contributed by atoms with Crippen molar-refractivity contribution in [1.82, 2.24) is 10.2 Å². The summed E-state index contributed by atoms with van der Waals surface area (Å²) in [6, 6.07) is 0.524. The Hall–Kier alpha value is -0.730. The Balaban J connectivity index is 1.77. The van der Waals surface area contributed by atoms with Crippen LogP contribution in [0.3, 0.4) is 0 Å². The molecule has 1 saturated carbocycles. The number of carbonyl (C=O) groups excluding carboxylic acids is 1. The van der Waals surface area contributed by atoms with E-state index in [9.17, 15) is 4.79 Å². The van der Waals surface area contributed by atoms with Gasteiger partial charge < -0.3 is 10.2 Å². The van der Waals surface area contributed by atoms with Crippen molar-refractivity contribution in [1.29, 1.82) is 0 Å². The molecule has 1 saturated heterocycles. The number of carbonyl (C=O) groups is 1. The average Bonchev–Trinajstić information content (AvgIpc) is 2.68. The lowest BCUT2D eigenvalue weighted by atomic mass is 9.84. The molecule has 1 N–H and O–H groups in total. The fourth-order valence-corrected chi connectivity index (χ4v) is 3.31. The number of rotatable bonds is 2. The minimum Gasteiger partial charge on any atom is -0.335 e. The van der Waals surface area contributed by atoms with E-state index in [0.29, 0.717) is 12.0 Å². The first-order valence-corrected chi connectivity index (χ1v) is 7.83. The zero-order valence-corrected chi connectivity index (χ0v) is 11.8. The summed E-state index contributed by atoms with van der Waals surface area (Å²) in [6.45, 7) is 4.08. The first-order chi connectivity index (χ1) is 8.77. The second kappa shape index (κ2) is 7.01. The van der Waals surface area contributed by atoms with Gasteiger partial charge >= 0.3 is 6.03 Å². The Bertz CT molecular complexity index is 253. The van der Waals surface area contributed by atoms with Crippen LogP contribution in [0.5, 0.6) is 0 Å². The largest absolute Gasteiger partial charge is 0.335 e. The number of nitrogens with zero attached hydrogens (tertiary/aromatic N) is 1. The number of nitrogens with one attached hydrogen (secondary N) is 1. The number of hydrogen-bond donors (Lipinski definition) is 1. The van der Waals surface area contributed by atoms with Gasteiger partial charge in [0.15, 0.2) is 0 Å². The molecule has 0 bridgehead atoms. The van der Waals surface area contributed by atoms with Crippen molar-refractivity contribution in [2.24, 2.45) is 5.92 Å². The molecular weight excluding hydrogens is 224 g/mol. The molecule has 2 aliphatic rings. The lowest BCUT2D eigenvalue weighted by Crippen LogP contribution is -2.47. The smallest absolute Gasteiger partial charge is 0.317 e. The molecule has 1 atom stereocenters. The lowest BCUT2D eigenvalue weighted by molar-refractivity contribution is 0.187. The topological polar surface area (TPSA) is 32.3 Å². The summed E-state index contributed by atoms with van der Waals surface area (Å²) in [5, 5.41) is 3.23. The summed E-state index contributed by atoms with van der Waals surface area (Å²) in [5.41, 5.74) is 0. The van der Waals surface area contributed by atoms with E-state index < -0.39 is 0 Å². The van der Waals surface area contributed by atoms with Crippen LogP contribution in [0.2, 0.25) is 0 Å². The maximum Gasteiger partial charge on any atom is 0.317 e. The van der Waals surface area contributed by atoms with Crippen molar-refractivity contribution in [3.63, 3.8) is 0 Å². The summed E-state index contributed by atoms with van der Waals surface area (Å²) >= 11 is 0. The van der Waals surface area contributed by atoms with E-state index in [4.69, 9.17) is 0 Å². The van der Waals surface area contributed by atoms with Gasteiger partial charge in [0.25, 0.3) is 0 Å². The Morgan fingerprint density at radius 2 is 1.56 bits per heavy atom. The van der Waals surface area contributed by atoms with Gasteiger partial charge in [-0.2, -0.15) is 0 Å². The van der Waals surface area contributed by atoms with Crippen LogP contribution in [0.4, 0.5) is 4.79 Å². The number of likely N-dealkylation sites (tertiary alicyclic amines) is 1. The van der Waals surface area contributed by atoms with E-state index in [1.165, 1.54) is 57.8 Å². The molecule has 1 aliphatic carbocycles. The standard InChI is InChI=1S/C15H28N2O/c1-13(14-9-5-4-6-10-14)16-15(18)17-11-7-2-3-8-12-17/h13-14H,2-12H2,1H3,(H,16,18). The molecule has 1 unspecified atom stereocenters. The van der Waals surface area contributed by atoms with Gasteiger partial charge in [0, 0.05) is 19.1 Å². The zero-order valence-electron chi connectivity index (χ0n) is 11.8. The van der Waals surface area contributed by atoms with Gasteiger partial charge in [-0.1, -0.05) is 32.1 Å². The van der Waals surface area contributed by atoms with Gasteiger partial charge in [0.05, 0.1) is 0 Å². The van der Waals surface area contributed by atoms with E-state index in [0.717, 1.165) is 13.1 Å². The number of hydrogen-bond acceptors (Lipinski definition) is 1. The monoisotopic (exact) mass is 252 g/mol. The molecule has 2 amide bonds. The Morgan fingerprint density at radius 1 is 1.00 bits per heavy atom. The van der Waals surface area contributed by atoms with Crippen LogP contribution >= 0.6 is 0 Å². The van der Waals surface area contributed by atoms with Crippen LogP contribution in [-0.2, 0) is 0 Å². The fraction of sp³-hybridized carbons (Fsp3) is 0.933. The highest BCUT2D eigenvalue weighted by Crippen LogP contribution is 2.26. The quantitative estimate of drug-likeness (QED) is 0.801. The molecule has 2 fully saturated rings. The van der Waals surface area contributed by atoms with Crippen molar-refractivity contribution in [2.45, 2.75) is 70.8 Å². The minimum atomic E-state index is 0.176. The van der Waals surface area contributed by atoms with Crippen LogP contribution in [0.1, 0.15) is 64.7 Å². The highest BCUT2D eigenvalue weighted by atomic mass is 16.2. The molecule has 0 aromatic carbocycles. The molecule has 0 spiro atoms. The maximum atomic E-state index is 12.2. The fourth-order valence-electron chi connectivity index (χ4n) is 3.31. The average molecular weight is 252 g/mol. The Morgan fingerprint density at radius 3 is 2.17 bits per heavy atom. The zero-order chi connectivity index (χ0) is 12.8. The number of amides is 2. The van der Waals surface area contributed by atoms with Crippen molar-refractivity contribution >= 4 is 6.03 Å². The first-order valence-electron chi connectivity index (χ1n) is 7.83. The van der Waals surface area contributed by atoms with E-state index in [-0.39, 0.29) is 6.03 Å². The summed E-state index contributed by atoms with van der Waals surface area (Å²) in [6.07, 6.45) is 11.6. The van der Waals surface area contributed by atoms with Crippen LogP contribution < -0.4 is 5.32 Å². The summed E-state index contributed by atoms with van der Waals surface area (Å²) < 4.78 is 0. The predicted molar refractivity (Wildman–Crippen MR) is 74.6 cm³/mol. The predicted octanol–water partition coefficient (Wildman–Crippen LogP) is 3.54. The summed E-state index contributed by atoms with van der Waals surface area (Å²) in [4.78, 5) is 14.2. The molecule has 1 aliphatic heterocycles. The van der Waals surface area contributed by atoms with Crippen molar-refractivity contribution in [2.75, 3.05) is 13.1 Å². The van der Waals surface area contributed by atoms with Crippen LogP contribution in [0, 0.1) is 5.92 Å². The van der Waals surface area contributed by atoms with E-state index in [2.05, 4.69) is 12.2 Å². The molecule has 0 radical (unpaired) electrons. The van der Waals surface area contributed by atoms with Crippen LogP contribution in [0.15, 0.2) is 0 Å². The lowest BCUT2D eigenvalue weighted by Gasteiger charge is -2.30. The molecular formula is C15H28N2O. The summed E-state index contributed by atoms with van der Waals surface area (Å²) in [5.74, 6) is 0.703. The molecule has 0 aromatic rings. The molecule has 3 heteroatoms. The van der Waals surface area contributed by atoms with Gasteiger partial charge in [0.2, 0.25) is 0 Å². The van der Waals surface area contributed by atoms with Gasteiger partial charge in [-0.25, -0.2) is 4.79 Å². The maximum absolute atomic E-state index is 12.2. The molecule has 1 heterocycles. The van der Waals surface area contributed by atoms with E-state index in [1.807, 2.05) is 4.90 Å². The highest BCUT2D eigenvalue weighted by Gasteiger charge is 2.23. The minimum absolute atomic E-state index is 0.176. The number of urea groups is 1. The second-order valence-electron chi connectivity index (χ2n) is 6.04. The SMILES string of the molecule is CC(NC(=O)N1CCCCCC1)C1CCCCC1. The van der Waals surface area contributed by atoms with Gasteiger partial charge in [-0.3, -0.25) is 0 Å². The van der Waals surface area contributed by atoms with Crippen LogP contribution in [0.25, 0.3) is 0 Å². The Labute approximate surface area is 111 Å². The third-order valence-electron chi connectivity index (χ3n) is 4.60. The molecule has 3 nitrogen and oxygen atoms in total. The van der Waals surface area contributed by atoms with Crippen molar-refractivity contribution in [3.8, 4) is 0 Å². The van der Waals surface area contributed by atoms with E-state index in [1.54, 1.807) is 0 Å². The third-order valence-corrected chi connectivity index (χ3v) is 4.60.